The van der Waals surface area contributed by atoms with Crippen molar-refractivity contribution in [3.63, 3.8) is 0 Å². The number of amides is 1. The molecule has 1 aromatic carbocycles. The van der Waals surface area contributed by atoms with E-state index in [4.69, 9.17) is 10.6 Å². The zero-order valence-electron chi connectivity index (χ0n) is 19.2. The van der Waals surface area contributed by atoms with E-state index < -0.39 is 12.1 Å². The number of nitrogens with one attached hydrogen (secondary N) is 1. The van der Waals surface area contributed by atoms with Gasteiger partial charge in [0.1, 0.15) is 11.9 Å². The number of ether oxygens (including phenoxy) is 1. The second kappa shape index (κ2) is 11.2. The highest BCUT2D eigenvalue weighted by Crippen LogP contribution is 2.32. The summed E-state index contributed by atoms with van der Waals surface area (Å²) in [7, 11) is 1.32. The zero-order valence-corrected chi connectivity index (χ0v) is 19.2. The number of aromatic nitrogens is 1. The van der Waals surface area contributed by atoms with Crippen LogP contribution in [0.3, 0.4) is 0 Å². The van der Waals surface area contributed by atoms with E-state index in [0.29, 0.717) is 25.1 Å². The van der Waals surface area contributed by atoms with Gasteiger partial charge in [0.25, 0.3) is 0 Å². The lowest BCUT2D eigenvalue weighted by atomic mass is 10.0. The number of nitrogens with two attached hydrogens (primary N) is 1. The molecule has 0 bridgehead atoms. The molecule has 0 aliphatic carbocycles. The lowest BCUT2D eigenvalue weighted by molar-refractivity contribution is -0.127. The first-order valence-corrected chi connectivity index (χ1v) is 11.1. The topological polar surface area (TPSA) is 122 Å². The molecule has 3 rings (SSSR count). The summed E-state index contributed by atoms with van der Waals surface area (Å²) in [6.45, 7) is 5.55. The molecule has 0 fully saturated rings. The predicted molar refractivity (Wildman–Crippen MR) is 127 cm³/mol. The van der Waals surface area contributed by atoms with Crippen LogP contribution in [0.25, 0.3) is 17.2 Å². The van der Waals surface area contributed by atoms with Gasteiger partial charge in [-0.3, -0.25) is 4.79 Å². The molecule has 9 nitrogen and oxygen atoms in total. The third-order valence-corrected chi connectivity index (χ3v) is 5.36. The molecule has 1 atom stereocenters. The Hall–Kier alpha value is -3.75. The van der Waals surface area contributed by atoms with Gasteiger partial charge in [0.2, 0.25) is 5.91 Å². The molecule has 9 heteroatoms. The van der Waals surface area contributed by atoms with Gasteiger partial charge in [0, 0.05) is 42.5 Å². The van der Waals surface area contributed by atoms with Crippen LogP contribution in [0.2, 0.25) is 0 Å². The highest BCUT2D eigenvalue weighted by atomic mass is 16.5. The highest BCUT2D eigenvalue weighted by Gasteiger charge is 2.24. The van der Waals surface area contributed by atoms with E-state index in [-0.39, 0.29) is 11.6 Å². The van der Waals surface area contributed by atoms with Crippen molar-refractivity contribution in [2.75, 3.05) is 25.5 Å². The van der Waals surface area contributed by atoms with Crippen molar-refractivity contribution in [1.29, 1.82) is 0 Å². The summed E-state index contributed by atoms with van der Waals surface area (Å²) in [6, 6.07) is 9.30. The Bertz CT molecular complexity index is 1040. The number of rotatable bonds is 8. The molecule has 2 heterocycles. The molecule has 174 valence electrons. The van der Waals surface area contributed by atoms with Crippen LogP contribution in [0, 0.1) is 0 Å². The van der Waals surface area contributed by atoms with E-state index in [1.54, 1.807) is 12.3 Å². The number of carbonyl (C=O) groups is 2. The maximum atomic E-state index is 13.3. The number of pyridine rings is 1. The first-order chi connectivity index (χ1) is 16.0. The third kappa shape index (κ3) is 5.74. The molecular formula is C24H30N6O3. The van der Waals surface area contributed by atoms with Gasteiger partial charge in [-0.2, -0.15) is 0 Å². The summed E-state index contributed by atoms with van der Waals surface area (Å²) >= 11 is 0. The SMILES string of the molecule is CCCN(CCC)C(=O)C1=Cc2ccc(-c3ccc(C(=O)OC)nc3)cc2NC(N=NN)C1. The number of methoxy groups -OCH3 is 1. The van der Waals surface area contributed by atoms with Crippen LogP contribution in [-0.4, -0.2) is 48.1 Å². The standard InChI is InChI=1S/C24H30N6O3/c1-4-10-30(11-5-2)23(31)19-12-17-7-6-16(13-21(17)27-22(14-19)28-29-25)18-8-9-20(26-15-18)24(32)33-3/h6-9,12-13,15,22,27H,4-5,10-11,14H2,1-3H3,(H2,25,28). The van der Waals surface area contributed by atoms with Crippen molar-refractivity contribution in [2.24, 2.45) is 16.2 Å². The van der Waals surface area contributed by atoms with Crippen LogP contribution in [0.1, 0.15) is 49.2 Å². The maximum absolute atomic E-state index is 13.3. The van der Waals surface area contributed by atoms with E-state index >= 15 is 0 Å². The Kier molecular flexibility index (Phi) is 8.12. The Morgan fingerprint density at radius 2 is 1.91 bits per heavy atom. The summed E-state index contributed by atoms with van der Waals surface area (Å²) in [4.78, 5) is 31.0. The second-order valence-electron chi connectivity index (χ2n) is 7.78. The van der Waals surface area contributed by atoms with Gasteiger partial charge in [-0.05, 0) is 42.2 Å². The molecule has 1 amide bonds. The van der Waals surface area contributed by atoms with E-state index in [1.807, 2.05) is 35.2 Å². The minimum Gasteiger partial charge on any atom is -0.464 e. The van der Waals surface area contributed by atoms with E-state index in [1.165, 1.54) is 7.11 Å². The first-order valence-electron chi connectivity index (χ1n) is 11.1. The number of anilines is 1. The van der Waals surface area contributed by atoms with Crippen molar-refractivity contribution < 1.29 is 14.3 Å². The van der Waals surface area contributed by atoms with E-state index in [2.05, 4.69) is 34.5 Å². The molecule has 1 aliphatic heterocycles. The molecule has 0 spiro atoms. The summed E-state index contributed by atoms with van der Waals surface area (Å²) in [5, 5.41) is 10.9. The Morgan fingerprint density at radius 3 is 2.52 bits per heavy atom. The van der Waals surface area contributed by atoms with Gasteiger partial charge in [0.05, 0.1) is 7.11 Å². The Morgan fingerprint density at radius 1 is 1.18 bits per heavy atom. The summed E-state index contributed by atoms with van der Waals surface area (Å²) in [5.41, 5.74) is 4.33. The summed E-state index contributed by atoms with van der Waals surface area (Å²) in [6.07, 6.45) is 5.24. The van der Waals surface area contributed by atoms with Crippen LogP contribution in [0.4, 0.5) is 5.69 Å². The molecule has 0 saturated carbocycles. The smallest absolute Gasteiger partial charge is 0.356 e. The summed E-state index contributed by atoms with van der Waals surface area (Å²) < 4.78 is 4.70. The van der Waals surface area contributed by atoms with Gasteiger partial charge < -0.3 is 20.8 Å². The van der Waals surface area contributed by atoms with Crippen molar-refractivity contribution in [1.82, 2.24) is 9.88 Å². The number of esters is 1. The fourth-order valence-electron chi connectivity index (χ4n) is 3.82. The van der Waals surface area contributed by atoms with Crippen molar-refractivity contribution in [2.45, 2.75) is 39.3 Å². The monoisotopic (exact) mass is 450 g/mol. The minimum absolute atomic E-state index is 0.0113. The number of fused-ring (bicyclic) bond motifs is 1. The lowest BCUT2D eigenvalue weighted by Crippen LogP contribution is -2.34. The normalized spacial score (nSPS) is 15.2. The third-order valence-electron chi connectivity index (χ3n) is 5.36. The van der Waals surface area contributed by atoms with E-state index in [9.17, 15) is 9.59 Å². The molecule has 1 aromatic heterocycles. The molecule has 0 radical (unpaired) electrons. The van der Waals surface area contributed by atoms with E-state index in [0.717, 1.165) is 35.2 Å². The van der Waals surface area contributed by atoms with Crippen LogP contribution < -0.4 is 11.2 Å². The lowest BCUT2D eigenvalue weighted by Gasteiger charge is -2.23. The van der Waals surface area contributed by atoms with Crippen molar-refractivity contribution >= 4 is 23.6 Å². The molecule has 3 N–H and O–H groups in total. The minimum atomic E-state index is -0.484. The van der Waals surface area contributed by atoms with Crippen LogP contribution in [0.15, 0.2) is 52.4 Å². The maximum Gasteiger partial charge on any atom is 0.356 e. The number of hydrogen-bond donors (Lipinski definition) is 2. The average molecular weight is 451 g/mol. The number of nitrogens with zero attached hydrogens (tertiary/aromatic N) is 4. The number of benzene rings is 1. The zero-order chi connectivity index (χ0) is 23.8. The Labute approximate surface area is 193 Å². The van der Waals surface area contributed by atoms with Gasteiger partial charge in [0.15, 0.2) is 0 Å². The molecule has 0 saturated heterocycles. The highest BCUT2D eigenvalue weighted by molar-refractivity contribution is 5.99. The Balaban J connectivity index is 1.96. The van der Waals surface area contributed by atoms with Crippen LogP contribution in [0.5, 0.6) is 0 Å². The number of hydrogen-bond acceptors (Lipinski definition) is 7. The molecule has 1 unspecified atom stereocenters. The quantitative estimate of drug-likeness (QED) is 0.271. The molecule has 1 aliphatic rings. The molecule has 33 heavy (non-hydrogen) atoms. The van der Waals surface area contributed by atoms with Gasteiger partial charge in [-0.1, -0.05) is 37.3 Å². The van der Waals surface area contributed by atoms with Gasteiger partial charge in [-0.15, -0.1) is 5.11 Å². The molecular weight excluding hydrogens is 420 g/mol. The second-order valence-corrected chi connectivity index (χ2v) is 7.78. The largest absolute Gasteiger partial charge is 0.464 e. The molecule has 2 aromatic rings. The van der Waals surface area contributed by atoms with Crippen LogP contribution in [-0.2, 0) is 9.53 Å². The van der Waals surface area contributed by atoms with Crippen molar-refractivity contribution in [3.8, 4) is 11.1 Å². The van der Waals surface area contributed by atoms with Gasteiger partial charge in [-0.25, -0.2) is 9.78 Å². The van der Waals surface area contributed by atoms with Crippen LogP contribution >= 0.6 is 0 Å². The first kappa shape index (κ1) is 23.9. The average Bonchev–Trinajstić information content (AvgIpc) is 3.02. The number of carbonyl (C=O) groups excluding carboxylic acids is 2. The predicted octanol–water partition coefficient (Wildman–Crippen LogP) is 4.03. The fourth-order valence-corrected chi connectivity index (χ4v) is 3.82. The fraction of sp³-hybridized carbons (Fsp3) is 0.375. The van der Waals surface area contributed by atoms with Gasteiger partial charge >= 0.3 is 5.97 Å². The summed E-state index contributed by atoms with van der Waals surface area (Å²) in [5.74, 6) is 4.86. The van der Waals surface area contributed by atoms with Crippen molar-refractivity contribution in [3.05, 3.63) is 53.4 Å².